The van der Waals surface area contributed by atoms with Crippen molar-refractivity contribution in [3.8, 4) is 5.75 Å². The molecule has 0 saturated heterocycles. The summed E-state index contributed by atoms with van der Waals surface area (Å²) >= 11 is 5.73. The van der Waals surface area contributed by atoms with Gasteiger partial charge in [-0.25, -0.2) is 0 Å². The van der Waals surface area contributed by atoms with E-state index >= 15 is 0 Å². The van der Waals surface area contributed by atoms with Gasteiger partial charge in [-0.15, -0.1) is 0 Å². The second-order valence-electron chi connectivity index (χ2n) is 1.95. The Balaban J connectivity index is 3.12. The van der Waals surface area contributed by atoms with Crippen molar-refractivity contribution in [2.24, 2.45) is 0 Å². The lowest BCUT2D eigenvalue weighted by molar-refractivity contribution is 0.414. The Labute approximate surface area is 70.5 Å². The Morgan fingerprint density at radius 1 is 1.73 bits per heavy atom. The summed E-state index contributed by atoms with van der Waals surface area (Å²) < 4.78 is 4.97. The zero-order chi connectivity index (χ0) is 8.27. The first kappa shape index (κ1) is 8.08. The van der Waals surface area contributed by atoms with Crippen LogP contribution < -0.4 is 4.74 Å². The smallest absolute Gasteiger partial charge is 0.141 e. The monoisotopic (exact) mass is 169 g/mol. The number of hydrogen-bond donors (Lipinski definition) is 0. The van der Waals surface area contributed by atoms with E-state index in [-0.39, 0.29) is 0 Å². The highest BCUT2D eigenvalue weighted by Gasteiger charge is 1.99. The lowest BCUT2D eigenvalue weighted by Gasteiger charge is -2.01. The molecule has 11 heavy (non-hydrogen) atoms. The summed E-state index contributed by atoms with van der Waals surface area (Å²) in [5, 5.41) is 0.512. The third-order valence-corrected chi connectivity index (χ3v) is 1.55. The second kappa shape index (κ2) is 3.39. The van der Waals surface area contributed by atoms with Crippen LogP contribution in [0.5, 0.6) is 5.75 Å². The molecule has 0 radical (unpaired) electrons. The second-order valence-corrected chi connectivity index (χ2v) is 2.36. The van der Waals surface area contributed by atoms with Gasteiger partial charge >= 0.3 is 0 Å². The fourth-order valence-electron chi connectivity index (χ4n) is 0.703. The van der Waals surface area contributed by atoms with Gasteiger partial charge in [0.15, 0.2) is 0 Å². The Bertz CT molecular complexity index is 273. The maximum atomic E-state index is 5.73. The predicted octanol–water partition coefficient (Wildman–Crippen LogP) is 2.39. The first-order valence-electron chi connectivity index (χ1n) is 3.10. The van der Waals surface area contributed by atoms with Gasteiger partial charge in [-0.2, -0.15) is 0 Å². The van der Waals surface area contributed by atoms with Crippen molar-refractivity contribution in [2.45, 2.75) is 0 Å². The van der Waals surface area contributed by atoms with Gasteiger partial charge < -0.3 is 4.74 Å². The van der Waals surface area contributed by atoms with Crippen molar-refractivity contribution in [2.75, 3.05) is 7.11 Å². The molecule has 1 aromatic rings. The normalized spacial score (nSPS) is 9.27. The minimum absolute atomic E-state index is 0.512. The molecule has 0 bridgehead atoms. The van der Waals surface area contributed by atoms with E-state index in [0.29, 0.717) is 10.8 Å². The van der Waals surface area contributed by atoms with E-state index in [1.54, 1.807) is 19.3 Å². The summed E-state index contributed by atoms with van der Waals surface area (Å²) in [5.74, 6) is 0.622. The lowest BCUT2D eigenvalue weighted by atomic mass is 10.3. The first-order chi connectivity index (χ1) is 5.27. The van der Waals surface area contributed by atoms with E-state index < -0.39 is 0 Å². The van der Waals surface area contributed by atoms with Gasteiger partial charge in [0.2, 0.25) is 0 Å². The van der Waals surface area contributed by atoms with Crippen LogP contribution in [0, 0.1) is 0 Å². The molecule has 0 N–H and O–H groups in total. The number of nitrogens with zero attached hydrogens (tertiary/aromatic N) is 1. The van der Waals surface area contributed by atoms with Crippen LogP contribution in [-0.4, -0.2) is 12.1 Å². The average molecular weight is 170 g/mol. The molecule has 1 heterocycles. The predicted molar refractivity (Wildman–Crippen MR) is 45.9 cm³/mol. The molecule has 3 heteroatoms. The van der Waals surface area contributed by atoms with Crippen LogP contribution in [0.1, 0.15) is 5.69 Å². The van der Waals surface area contributed by atoms with Gasteiger partial charge in [0.1, 0.15) is 10.8 Å². The Morgan fingerprint density at radius 2 is 2.45 bits per heavy atom. The van der Waals surface area contributed by atoms with Gasteiger partial charge in [-0.1, -0.05) is 18.2 Å². The van der Waals surface area contributed by atoms with Crippen molar-refractivity contribution in [1.29, 1.82) is 0 Å². The minimum atomic E-state index is 0.512. The molecule has 0 spiro atoms. The zero-order valence-corrected chi connectivity index (χ0v) is 6.93. The molecule has 1 rings (SSSR count). The largest absolute Gasteiger partial charge is 0.495 e. The van der Waals surface area contributed by atoms with Gasteiger partial charge in [-0.05, 0) is 6.08 Å². The third-order valence-electron chi connectivity index (χ3n) is 1.27. The summed E-state index contributed by atoms with van der Waals surface area (Å²) in [4.78, 5) is 3.98. The van der Waals surface area contributed by atoms with Crippen molar-refractivity contribution < 1.29 is 4.74 Å². The van der Waals surface area contributed by atoms with Crippen LogP contribution in [0.3, 0.4) is 0 Å². The topological polar surface area (TPSA) is 22.1 Å². The van der Waals surface area contributed by atoms with Crippen molar-refractivity contribution >= 4 is 17.7 Å². The fraction of sp³-hybridized carbons (Fsp3) is 0.125. The van der Waals surface area contributed by atoms with E-state index in [9.17, 15) is 0 Å². The highest BCUT2D eigenvalue weighted by molar-refractivity contribution is 6.31. The molecule has 0 saturated carbocycles. The molecular weight excluding hydrogens is 162 g/mol. The fourth-order valence-corrected chi connectivity index (χ4v) is 0.884. The number of pyridine rings is 1. The summed E-state index contributed by atoms with van der Waals surface area (Å²) in [5.41, 5.74) is 0.756. The molecule has 0 aliphatic rings. The Morgan fingerprint density at radius 3 is 3.00 bits per heavy atom. The van der Waals surface area contributed by atoms with E-state index in [2.05, 4.69) is 11.6 Å². The van der Waals surface area contributed by atoms with Gasteiger partial charge in [0, 0.05) is 12.3 Å². The van der Waals surface area contributed by atoms with Gasteiger partial charge in [-0.3, -0.25) is 4.98 Å². The number of halogens is 1. The first-order valence-corrected chi connectivity index (χ1v) is 3.47. The van der Waals surface area contributed by atoms with Crippen LogP contribution in [0.4, 0.5) is 0 Å². The molecule has 0 atom stereocenters. The molecule has 0 aliphatic carbocycles. The standard InChI is InChI=1S/C8H8ClNO/c1-3-6-4-8(11-2)7(9)5-10-6/h3-5H,1H2,2H3. The molecule has 0 aliphatic heterocycles. The molecule has 0 amide bonds. The molecule has 2 nitrogen and oxygen atoms in total. The van der Waals surface area contributed by atoms with E-state index in [1.807, 2.05) is 0 Å². The summed E-state index contributed by atoms with van der Waals surface area (Å²) in [6.07, 6.45) is 3.18. The molecule has 0 unspecified atom stereocenters. The zero-order valence-electron chi connectivity index (χ0n) is 6.17. The molecule has 1 aromatic heterocycles. The van der Waals surface area contributed by atoms with Crippen molar-refractivity contribution in [3.05, 3.63) is 29.6 Å². The van der Waals surface area contributed by atoms with E-state index in [1.165, 1.54) is 6.20 Å². The number of ether oxygens (including phenoxy) is 1. The van der Waals surface area contributed by atoms with E-state index in [0.717, 1.165) is 5.69 Å². The molecule has 0 fully saturated rings. The summed E-state index contributed by atoms with van der Waals surface area (Å²) in [7, 11) is 1.56. The van der Waals surface area contributed by atoms with Crippen LogP contribution in [0.15, 0.2) is 18.8 Å². The Hall–Kier alpha value is -1.02. The number of rotatable bonds is 2. The molecule has 58 valence electrons. The molecular formula is C8H8ClNO. The SMILES string of the molecule is C=Cc1cc(OC)c(Cl)cn1. The number of methoxy groups -OCH3 is 1. The van der Waals surface area contributed by atoms with Crippen molar-refractivity contribution in [1.82, 2.24) is 4.98 Å². The van der Waals surface area contributed by atoms with E-state index in [4.69, 9.17) is 16.3 Å². The quantitative estimate of drug-likeness (QED) is 0.678. The number of aromatic nitrogens is 1. The van der Waals surface area contributed by atoms with Crippen LogP contribution in [-0.2, 0) is 0 Å². The third kappa shape index (κ3) is 1.71. The highest BCUT2D eigenvalue weighted by Crippen LogP contribution is 2.23. The maximum absolute atomic E-state index is 5.73. The minimum Gasteiger partial charge on any atom is -0.495 e. The van der Waals surface area contributed by atoms with Crippen molar-refractivity contribution in [3.63, 3.8) is 0 Å². The Kier molecular flexibility index (Phi) is 2.49. The highest BCUT2D eigenvalue weighted by atomic mass is 35.5. The number of hydrogen-bond acceptors (Lipinski definition) is 2. The van der Waals surface area contributed by atoms with Crippen LogP contribution in [0.2, 0.25) is 5.02 Å². The molecule has 0 aromatic carbocycles. The van der Waals surface area contributed by atoms with Crippen LogP contribution in [0.25, 0.3) is 6.08 Å². The summed E-state index contributed by atoms with van der Waals surface area (Å²) in [6, 6.07) is 1.73. The average Bonchev–Trinajstić information content (AvgIpc) is 2.05. The van der Waals surface area contributed by atoms with Crippen LogP contribution >= 0.6 is 11.6 Å². The summed E-state index contributed by atoms with van der Waals surface area (Å²) in [6.45, 7) is 3.57. The van der Waals surface area contributed by atoms with Gasteiger partial charge in [0.25, 0.3) is 0 Å². The maximum Gasteiger partial charge on any atom is 0.141 e. The lowest BCUT2D eigenvalue weighted by Crippen LogP contribution is -1.87. The van der Waals surface area contributed by atoms with Gasteiger partial charge in [0.05, 0.1) is 12.8 Å².